The van der Waals surface area contributed by atoms with Crippen molar-refractivity contribution in [1.82, 2.24) is 5.32 Å². The van der Waals surface area contributed by atoms with Gasteiger partial charge in [0.05, 0.1) is 11.5 Å². The van der Waals surface area contributed by atoms with Crippen LogP contribution in [0.4, 0.5) is 5.69 Å². The lowest BCUT2D eigenvalue weighted by molar-refractivity contribution is -0.384. The monoisotopic (exact) mass is 354 g/mol. The highest BCUT2D eigenvalue weighted by atomic mass is 35.5. The van der Waals surface area contributed by atoms with Crippen LogP contribution in [0, 0.1) is 16.0 Å². The molecule has 0 unspecified atom stereocenters. The number of amides is 1. The summed E-state index contributed by atoms with van der Waals surface area (Å²) in [7, 11) is 0. The lowest BCUT2D eigenvalue weighted by Crippen LogP contribution is -2.31. The van der Waals surface area contributed by atoms with Crippen molar-refractivity contribution in [2.24, 2.45) is 5.92 Å². The van der Waals surface area contributed by atoms with Crippen molar-refractivity contribution in [1.29, 1.82) is 0 Å². The molecule has 1 aliphatic rings. The number of rotatable bonds is 6. The average Bonchev–Trinajstić information content (AvgIpc) is 2.59. The van der Waals surface area contributed by atoms with E-state index in [0.29, 0.717) is 12.5 Å². The number of carbonyl (C=O) groups excluding carboxylic acids is 2. The van der Waals surface area contributed by atoms with E-state index in [1.54, 1.807) is 0 Å². The van der Waals surface area contributed by atoms with Crippen molar-refractivity contribution in [3.8, 4) is 0 Å². The maximum atomic E-state index is 12.0. The van der Waals surface area contributed by atoms with Gasteiger partial charge in [0.15, 0.2) is 0 Å². The molecule has 1 saturated carbocycles. The van der Waals surface area contributed by atoms with E-state index in [2.05, 4.69) is 5.32 Å². The van der Waals surface area contributed by atoms with E-state index < -0.39 is 16.8 Å². The zero-order chi connectivity index (χ0) is 17.5. The van der Waals surface area contributed by atoms with Gasteiger partial charge in [0.2, 0.25) is 0 Å². The van der Waals surface area contributed by atoms with Crippen molar-refractivity contribution >= 4 is 29.2 Å². The van der Waals surface area contributed by atoms with Crippen molar-refractivity contribution < 1.29 is 19.2 Å². The normalized spacial score (nSPS) is 14.9. The summed E-state index contributed by atoms with van der Waals surface area (Å²) in [5, 5.41) is 13.2. The summed E-state index contributed by atoms with van der Waals surface area (Å²) >= 11 is 5.69. The number of halogens is 1. The van der Waals surface area contributed by atoms with Crippen LogP contribution in [-0.4, -0.2) is 30.0 Å². The van der Waals surface area contributed by atoms with E-state index in [9.17, 15) is 19.7 Å². The van der Waals surface area contributed by atoms with Gasteiger partial charge < -0.3 is 10.1 Å². The first-order valence-corrected chi connectivity index (χ1v) is 8.23. The van der Waals surface area contributed by atoms with Gasteiger partial charge in [-0.1, -0.05) is 30.9 Å². The summed E-state index contributed by atoms with van der Waals surface area (Å²) in [4.78, 5) is 33.8. The third-order valence-corrected chi connectivity index (χ3v) is 4.32. The van der Waals surface area contributed by atoms with Crippen molar-refractivity contribution in [3.63, 3.8) is 0 Å². The first-order valence-electron chi connectivity index (χ1n) is 7.85. The van der Waals surface area contributed by atoms with Crippen molar-refractivity contribution in [2.45, 2.75) is 32.1 Å². The quantitative estimate of drug-likeness (QED) is 0.480. The second kappa shape index (κ2) is 8.63. The largest absolute Gasteiger partial charge is 0.464 e. The predicted molar refractivity (Wildman–Crippen MR) is 88.0 cm³/mol. The molecule has 130 valence electrons. The minimum Gasteiger partial charge on any atom is -0.464 e. The van der Waals surface area contributed by atoms with Crippen LogP contribution in [0.3, 0.4) is 0 Å². The predicted octanol–water partition coefficient (Wildman–Crippen LogP) is 3.10. The minimum absolute atomic E-state index is 0.0524. The van der Waals surface area contributed by atoms with E-state index in [0.717, 1.165) is 31.7 Å². The molecule has 1 N–H and O–H groups in total. The molecule has 0 spiro atoms. The molecule has 1 aromatic carbocycles. The average molecular weight is 355 g/mol. The van der Waals surface area contributed by atoms with Crippen LogP contribution in [0.25, 0.3) is 0 Å². The molecule has 7 nitrogen and oxygen atoms in total. The van der Waals surface area contributed by atoms with Crippen molar-refractivity contribution in [3.05, 3.63) is 38.9 Å². The van der Waals surface area contributed by atoms with Crippen LogP contribution in [-0.2, 0) is 9.53 Å². The Kier molecular flexibility index (Phi) is 6.54. The summed E-state index contributed by atoms with van der Waals surface area (Å²) in [5.41, 5.74) is -0.296. The first kappa shape index (κ1) is 18.2. The Labute approximate surface area is 144 Å². The molecule has 8 heteroatoms. The number of hydrogen-bond acceptors (Lipinski definition) is 5. The van der Waals surface area contributed by atoms with Gasteiger partial charge in [-0.05, 0) is 30.9 Å². The summed E-state index contributed by atoms with van der Waals surface area (Å²) in [6.07, 6.45) is 5.68. The van der Waals surface area contributed by atoms with Gasteiger partial charge in [0.1, 0.15) is 11.6 Å². The van der Waals surface area contributed by atoms with E-state index in [1.165, 1.54) is 18.6 Å². The second-order valence-corrected chi connectivity index (χ2v) is 6.20. The molecular formula is C16H19ClN2O5. The third kappa shape index (κ3) is 5.19. The Bertz CT molecular complexity index is 629. The smallest absolute Gasteiger partial charge is 0.325 e. The first-order chi connectivity index (χ1) is 11.5. The Morgan fingerprint density at radius 1 is 1.29 bits per heavy atom. The SMILES string of the molecule is O=C(CNC(=O)c1ccc(Cl)c([N+](=O)[O-])c1)OCC1CCCCC1. The Hall–Kier alpha value is -2.15. The summed E-state index contributed by atoms with van der Waals surface area (Å²) in [5.74, 6) is -0.709. The fourth-order valence-corrected chi connectivity index (χ4v) is 2.85. The molecule has 1 fully saturated rings. The highest BCUT2D eigenvalue weighted by Gasteiger charge is 2.18. The maximum Gasteiger partial charge on any atom is 0.325 e. The fourth-order valence-electron chi connectivity index (χ4n) is 2.66. The Morgan fingerprint density at radius 3 is 2.67 bits per heavy atom. The Balaban J connectivity index is 1.80. The minimum atomic E-state index is -0.669. The number of nitrogens with one attached hydrogen (secondary N) is 1. The molecule has 1 amide bonds. The van der Waals surface area contributed by atoms with E-state index >= 15 is 0 Å². The van der Waals surface area contributed by atoms with Gasteiger partial charge in [0.25, 0.3) is 11.6 Å². The van der Waals surface area contributed by atoms with E-state index in [4.69, 9.17) is 16.3 Å². The van der Waals surface area contributed by atoms with Gasteiger partial charge in [-0.3, -0.25) is 19.7 Å². The number of nitrogens with zero attached hydrogens (tertiary/aromatic N) is 1. The lowest BCUT2D eigenvalue weighted by Gasteiger charge is -2.21. The third-order valence-electron chi connectivity index (χ3n) is 4.00. The van der Waals surface area contributed by atoms with Gasteiger partial charge >= 0.3 is 5.97 Å². The van der Waals surface area contributed by atoms with Crippen LogP contribution in [0.5, 0.6) is 0 Å². The van der Waals surface area contributed by atoms with Gasteiger partial charge in [-0.2, -0.15) is 0 Å². The van der Waals surface area contributed by atoms with Gasteiger partial charge in [-0.15, -0.1) is 0 Å². The Morgan fingerprint density at radius 2 is 2.00 bits per heavy atom. The number of benzene rings is 1. The molecule has 1 aromatic rings. The molecule has 0 aromatic heterocycles. The van der Waals surface area contributed by atoms with E-state index in [1.807, 2.05) is 0 Å². The van der Waals surface area contributed by atoms with Crippen molar-refractivity contribution in [2.75, 3.05) is 13.2 Å². The maximum absolute atomic E-state index is 12.0. The lowest BCUT2D eigenvalue weighted by atomic mass is 9.90. The topological polar surface area (TPSA) is 98.5 Å². The van der Waals surface area contributed by atoms with Crippen LogP contribution in [0.1, 0.15) is 42.5 Å². The second-order valence-electron chi connectivity index (χ2n) is 5.79. The molecule has 2 rings (SSSR count). The van der Waals surface area contributed by atoms with E-state index in [-0.39, 0.29) is 22.8 Å². The molecule has 24 heavy (non-hydrogen) atoms. The summed E-state index contributed by atoms with van der Waals surface area (Å²) in [6, 6.07) is 3.71. The summed E-state index contributed by atoms with van der Waals surface area (Å²) < 4.78 is 5.17. The van der Waals surface area contributed by atoms with Gasteiger partial charge in [0, 0.05) is 11.6 Å². The molecule has 0 radical (unpaired) electrons. The standard InChI is InChI=1S/C16H19ClN2O5/c17-13-7-6-12(8-14(13)19(22)23)16(21)18-9-15(20)24-10-11-4-2-1-3-5-11/h6-8,11H,1-5,9-10H2,(H,18,21). The highest BCUT2D eigenvalue weighted by Crippen LogP contribution is 2.25. The number of carbonyl (C=O) groups is 2. The van der Waals surface area contributed by atoms with Crippen LogP contribution in [0.15, 0.2) is 18.2 Å². The van der Waals surface area contributed by atoms with Gasteiger partial charge in [-0.25, -0.2) is 0 Å². The molecule has 0 saturated heterocycles. The highest BCUT2D eigenvalue weighted by molar-refractivity contribution is 6.32. The zero-order valence-electron chi connectivity index (χ0n) is 13.1. The number of nitro groups is 1. The molecule has 0 heterocycles. The molecule has 1 aliphatic carbocycles. The fraction of sp³-hybridized carbons (Fsp3) is 0.500. The number of esters is 1. The number of hydrogen-bond donors (Lipinski definition) is 1. The van der Waals surface area contributed by atoms with Crippen LogP contribution in [0.2, 0.25) is 5.02 Å². The molecular weight excluding hydrogens is 336 g/mol. The molecule has 0 aliphatic heterocycles. The van der Waals surface area contributed by atoms with Crippen LogP contribution < -0.4 is 5.32 Å². The summed E-state index contributed by atoms with van der Waals surface area (Å²) in [6.45, 7) is 0.100. The molecule has 0 bridgehead atoms. The molecule has 0 atom stereocenters. The van der Waals surface area contributed by atoms with Crippen LogP contribution >= 0.6 is 11.6 Å². The zero-order valence-corrected chi connectivity index (χ0v) is 13.9. The number of nitro benzene ring substituents is 1. The number of ether oxygens (including phenoxy) is 1.